The first-order chi connectivity index (χ1) is 5.18. The lowest BCUT2D eigenvalue weighted by atomic mass is 9.62. The Morgan fingerprint density at radius 3 is 1.91 bits per heavy atom. The number of nitrogens with zero attached hydrogens (tertiary/aromatic N) is 1. The van der Waals surface area contributed by atoms with Gasteiger partial charge < -0.3 is 0 Å². The molecule has 0 aromatic heterocycles. The van der Waals surface area contributed by atoms with Crippen LogP contribution in [0, 0.1) is 22.2 Å². The first-order valence-corrected chi connectivity index (χ1v) is 4.59. The monoisotopic (exact) mass is 151 g/mol. The molecular weight excluding hydrogens is 134 g/mol. The van der Waals surface area contributed by atoms with Crippen LogP contribution < -0.4 is 0 Å². The number of hydrogen-bond acceptors (Lipinski definition) is 1. The van der Waals surface area contributed by atoms with Crippen molar-refractivity contribution in [1.29, 1.82) is 5.26 Å². The summed E-state index contributed by atoms with van der Waals surface area (Å²) < 4.78 is 0. The molecule has 0 atom stereocenters. The van der Waals surface area contributed by atoms with E-state index in [9.17, 15) is 0 Å². The highest BCUT2D eigenvalue weighted by atomic mass is 14.6. The van der Waals surface area contributed by atoms with Crippen LogP contribution in [-0.4, -0.2) is 0 Å². The second kappa shape index (κ2) is 2.52. The molecule has 2 aliphatic carbocycles. The van der Waals surface area contributed by atoms with E-state index in [1.807, 2.05) is 13.8 Å². The molecule has 0 heterocycles. The van der Waals surface area contributed by atoms with Crippen molar-refractivity contribution in [3.05, 3.63) is 0 Å². The Morgan fingerprint density at radius 1 is 1.18 bits per heavy atom. The van der Waals surface area contributed by atoms with Gasteiger partial charge in [-0.3, -0.25) is 0 Å². The molecule has 1 spiro atoms. The lowest BCUT2D eigenvalue weighted by Gasteiger charge is -2.40. The minimum Gasteiger partial charge on any atom is -0.198 e. The summed E-state index contributed by atoms with van der Waals surface area (Å²) in [6.45, 7) is 6.08. The van der Waals surface area contributed by atoms with Crippen molar-refractivity contribution in [3.8, 4) is 6.07 Å². The fraction of sp³-hybridized carbons (Fsp3) is 0.900. The summed E-state index contributed by atoms with van der Waals surface area (Å²) in [5, 5.41) is 8.66. The van der Waals surface area contributed by atoms with E-state index in [1.54, 1.807) is 0 Å². The highest BCUT2D eigenvalue weighted by Crippen LogP contribution is 2.68. The molecule has 62 valence electrons. The van der Waals surface area contributed by atoms with Crippen molar-refractivity contribution in [1.82, 2.24) is 0 Å². The number of rotatable bonds is 0. The average Bonchev–Trinajstić information content (AvgIpc) is 2.72. The van der Waals surface area contributed by atoms with E-state index in [-0.39, 0.29) is 5.41 Å². The summed E-state index contributed by atoms with van der Waals surface area (Å²) in [4.78, 5) is 0. The fourth-order valence-corrected chi connectivity index (χ4v) is 2.21. The Balaban J connectivity index is 0.000000281. The molecule has 0 bridgehead atoms. The Hall–Kier alpha value is -0.510. The lowest BCUT2D eigenvalue weighted by molar-refractivity contribution is 0.115. The third kappa shape index (κ3) is 1.40. The Morgan fingerprint density at radius 2 is 1.64 bits per heavy atom. The van der Waals surface area contributed by atoms with Crippen molar-refractivity contribution in [2.24, 2.45) is 10.8 Å². The van der Waals surface area contributed by atoms with Crippen LogP contribution in [0.15, 0.2) is 0 Å². The van der Waals surface area contributed by atoms with E-state index in [0.717, 1.165) is 0 Å². The van der Waals surface area contributed by atoms with E-state index in [2.05, 4.69) is 13.0 Å². The fourth-order valence-electron chi connectivity index (χ4n) is 2.21. The van der Waals surface area contributed by atoms with Gasteiger partial charge in [0, 0.05) is 0 Å². The zero-order chi connectivity index (χ0) is 8.54. The summed E-state index contributed by atoms with van der Waals surface area (Å²) in [5.74, 6) is 0. The maximum Gasteiger partial charge on any atom is 0.0687 e. The largest absolute Gasteiger partial charge is 0.198 e. The van der Waals surface area contributed by atoms with E-state index in [0.29, 0.717) is 5.41 Å². The van der Waals surface area contributed by atoms with Gasteiger partial charge in [-0.05, 0) is 38.0 Å². The minimum absolute atomic E-state index is 0.0660. The SMILES string of the molecule is CC.CC1(C#N)CC2(CC2)C1. The van der Waals surface area contributed by atoms with Gasteiger partial charge in [0.05, 0.1) is 11.5 Å². The molecule has 0 amide bonds. The number of hydrogen-bond donors (Lipinski definition) is 0. The molecule has 11 heavy (non-hydrogen) atoms. The molecule has 2 fully saturated rings. The van der Waals surface area contributed by atoms with Gasteiger partial charge >= 0.3 is 0 Å². The molecule has 0 aromatic rings. The topological polar surface area (TPSA) is 23.8 Å². The van der Waals surface area contributed by atoms with Crippen LogP contribution in [0.5, 0.6) is 0 Å². The van der Waals surface area contributed by atoms with Gasteiger partial charge in [0.25, 0.3) is 0 Å². The first-order valence-electron chi connectivity index (χ1n) is 4.59. The third-order valence-electron chi connectivity index (χ3n) is 2.76. The second-order valence-electron chi connectivity index (χ2n) is 4.03. The van der Waals surface area contributed by atoms with Crippen molar-refractivity contribution >= 4 is 0 Å². The molecule has 2 aliphatic rings. The Labute approximate surface area is 69.4 Å². The number of nitriles is 1. The van der Waals surface area contributed by atoms with E-state index in [1.165, 1.54) is 25.7 Å². The predicted molar refractivity (Wildman–Crippen MR) is 46.0 cm³/mol. The molecule has 0 saturated heterocycles. The third-order valence-corrected chi connectivity index (χ3v) is 2.76. The summed E-state index contributed by atoms with van der Waals surface area (Å²) in [6, 6.07) is 2.37. The Kier molecular flexibility index (Phi) is 1.96. The highest BCUT2D eigenvalue weighted by molar-refractivity contribution is 5.16. The zero-order valence-electron chi connectivity index (χ0n) is 7.78. The van der Waals surface area contributed by atoms with Crippen molar-refractivity contribution in [2.45, 2.75) is 46.5 Å². The van der Waals surface area contributed by atoms with Crippen molar-refractivity contribution < 1.29 is 0 Å². The normalized spacial score (nSPS) is 27.5. The molecule has 0 N–H and O–H groups in total. The molecule has 2 rings (SSSR count). The van der Waals surface area contributed by atoms with Crippen LogP contribution in [-0.2, 0) is 0 Å². The van der Waals surface area contributed by atoms with Gasteiger partial charge in [0.1, 0.15) is 0 Å². The van der Waals surface area contributed by atoms with Crippen molar-refractivity contribution in [2.75, 3.05) is 0 Å². The van der Waals surface area contributed by atoms with Crippen LogP contribution in [0.3, 0.4) is 0 Å². The van der Waals surface area contributed by atoms with Crippen LogP contribution in [0.25, 0.3) is 0 Å². The van der Waals surface area contributed by atoms with Gasteiger partial charge in [0.15, 0.2) is 0 Å². The summed E-state index contributed by atoms with van der Waals surface area (Å²) in [5.41, 5.74) is 0.751. The predicted octanol–water partition coefficient (Wildman–Crippen LogP) is 3.12. The molecule has 0 radical (unpaired) electrons. The van der Waals surface area contributed by atoms with Gasteiger partial charge in [-0.2, -0.15) is 5.26 Å². The van der Waals surface area contributed by atoms with E-state index < -0.39 is 0 Å². The minimum atomic E-state index is 0.0660. The lowest BCUT2D eigenvalue weighted by Crippen LogP contribution is -2.34. The molecule has 0 unspecified atom stereocenters. The molecule has 0 aliphatic heterocycles. The smallest absolute Gasteiger partial charge is 0.0687 e. The highest BCUT2D eigenvalue weighted by Gasteiger charge is 2.58. The van der Waals surface area contributed by atoms with Gasteiger partial charge in [-0.1, -0.05) is 13.8 Å². The maximum absolute atomic E-state index is 8.66. The van der Waals surface area contributed by atoms with Crippen LogP contribution in [0.1, 0.15) is 46.5 Å². The van der Waals surface area contributed by atoms with Crippen LogP contribution in [0.2, 0.25) is 0 Å². The van der Waals surface area contributed by atoms with Crippen LogP contribution in [0.4, 0.5) is 0 Å². The molecule has 2 saturated carbocycles. The van der Waals surface area contributed by atoms with Gasteiger partial charge in [-0.25, -0.2) is 0 Å². The average molecular weight is 151 g/mol. The summed E-state index contributed by atoms with van der Waals surface area (Å²) >= 11 is 0. The molecule has 1 heteroatoms. The van der Waals surface area contributed by atoms with Crippen molar-refractivity contribution in [3.63, 3.8) is 0 Å². The second-order valence-corrected chi connectivity index (χ2v) is 4.03. The standard InChI is InChI=1S/C8H11N.C2H6/c1-7(6-9)4-8(5-7)2-3-8;1-2/h2-5H2,1H3;1-2H3. The maximum atomic E-state index is 8.66. The molecular formula is C10H17N. The van der Waals surface area contributed by atoms with Crippen LogP contribution >= 0.6 is 0 Å². The van der Waals surface area contributed by atoms with E-state index in [4.69, 9.17) is 5.26 Å². The summed E-state index contributed by atoms with van der Waals surface area (Å²) in [6.07, 6.45) is 5.14. The van der Waals surface area contributed by atoms with E-state index >= 15 is 0 Å². The zero-order valence-corrected chi connectivity index (χ0v) is 7.78. The summed E-state index contributed by atoms with van der Waals surface area (Å²) in [7, 11) is 0. The van der Waals surface area contributed by atoms with Gasteiger partial charge in [0.2, 0.25) is 0 Å². The first kappa shape index (κ1) is 8.59. The Bertz CT molecular complexity index is 176. The quantitative estimate of drug-likeness (QED) is 0.522. The molecule has 1 nitrogen and oxygen atoms in total. The molecule has 0 aromatic carbocycles. The van der Waals surface area contributed by atoms with Gasteiger partial charge in [-0.15, -0.1) is 0 Å².